The topological polar surface area (TPSA) is 95.7 Å². The van der Waals surface area contributed by atoms with Crippen molar-refractivity contribution in [1.29, 1.82) is 0 Å². The molecule has 0 spiro atoms. The van der Waals surface area contributed by atoms with Crippen LogP contribution in [0.4, 0.5) is 8.78 Å². The SMILES string of the molecule is COC(=O)C(C(=O)OC)[C@H](C[N+](=O)[O-])c1c(F)cccc1F. The van der Waals surface area contributed by atoms with Crippen molar-refractivity contribution in [2.24, 2.45) is 5.92 Å². The Labute approximate surface area is 124 Å². The van der Waals surface area contributed by atoms with E-state index in [0.29, 0.717) is 0 Å². The van der Waals surface area contributed by atoms with Crippen LogP contribution in [0.1, 0.15) is 11.5 Å². The summed E-state index contributed by atoms with van der Waals surface area (Å²) in [7, 11) is 1.89. The van der Waals surface area contributed by atoms with Gasteiger partial charge >= 0.3 is 11.9 Å². The number of ether oxygens (including phenoxy) is 2. The molecule has 1 aromatic rings. The van der Waals surface area contributed by atoms with Gasteiger partial charge in [0.15, 0.2) is 5.92 Å². The van der Waals surface area contributed by atoms with E-state index in [1.54, 1.807) is 0 Å². The fourth-order valence-electron chi connectivity index (χ4n) is 2.07. The first-order valence-electron chi connectivity index (χ1n) is 6.04. The first-order valence-corrected chi connectivity index (χ1v) is 6.04. The zero-order valence-corrected chi connectivity index (χ0v) is 11.7. The summed E-state index contributed by atoms with van der Waals surface area (Å²) in [6.07, 6.45) is 0. The van der Waals surface area contributed by atoms with Gasteiger partial charge in [-0.3, -0.25) is 19.7 Å². The van der Waals surface area contributed by atoms with E-state index in [-0.39, 0.29) is 0 Å². The third kappa shape index (κ3) is 3.74. The van der Waals surface area contributed by atoms with Gasteiger partial charge in [0.1, 0.15) is 11.6 Å². The van der Waals surface area contributed by atoms with Gasteiger partial charge in [-0.05, 0) is 12.1 Å². The van der Waals surface area contributed by atoms with Crippen LogP contribution in [0.25, 0.3) is 0 Å². The number of nitrogens with zero attached hydrogens (tertiary/aromatic N) is 1. The van der Waals surface area contributed by atoms with Crippen LogP contribution in [0.5, 0.6) is 0 Å². The molecule has 0 amide bonds. The molecule has 22 heavy (non-hydrogen) atoms. The molecule has 0 radical (unpaired) electrons. The Kier molecular flexibility index (Phi) is 5.90. The highest BCUT2D eigenvalue weighted by Crippen LogP contribution is 2.31. The molecule has 0 aliphatic rings. The van der Waals surface area contributed by atoms with Crippen LogP contribution in [0.3, 0.4) is 0 Å². The molecular weight excluding hydrogens is 304 g/mol. The third-order valence-electron chi connectivity index (χ3n) is 3.03. The average Bonchev–Trinajstić information content (AvgIpc) is 2.45. The first-order chi connectivity index (χ1) is 10.3. The average molecular weight is 317 g/mol. The predicted molar refractivity (Wildman–Crippen MR) is 68.5 cm³/mol. The molecule has 0 bridgehead atoms. The standard InChI is InChI=1S/C13H13F2NO6/c1-21-12(17)11(13(18)22-2)7(6-16(19)20)10-8(14)4-3-5-9(10)15/h3-5,7,11H,6H2,1-2H3/t7-/m1/s1. The molecule has 0 saturated carbocycles. The molecule has 1 atom stereocenters. The van der Waals surface area contributed by atoms with Gasteiger partial charge in [-0.25, -0.2) is 8.78 Å². The van der Waals surface area contributed by atoms with Crippen molar-refractivity contribution in [1.82, 2.24) is 0 Å². The summed E-state index contributed by atoms with van der Waals surface area (Å²) in [5.41, 5.74) is -0.736. The van der Waals surface area contributed by atoms with Crippen molar-refractivity contribution in [2.45, 2.75) is 5.92 Å². The van der Waals surface area contributed by atoms with Gasteiger partial charge in [0.05, 0.1) is 20.1 Å². The monoisotopic (exact) mass is 317 g/mol. The Morgan fingerprint density at radius 3 is 2.00 bits per heavy atom. The van der Waals surface area contributed by atoms with Crippen LogP contribution >= 0.6 is 0 Å². The van der Waals surface area contributed by atoms with Crippen LogP contribution in [-0.2, 0) is 19.1 Å². The van der Waals surface area contributed by atoms with Crippen molar-refractivity contribution in [2.75, 3.05) is 20.8 Å². The minimum Gasteiger partial charge on any atom is -0.468 e. The number of rotatable bonds is 6. The smallest absolute Gasteiger partial charge is 0.320 e. The molecule has 1 rings (SSSR count). The van der Waals surface area contributed by atoms with Gasteiger partial charge < -0.3 is 9.47 Å². The Morgan fingerprint density at radius 2 is 1.64 bits per heavy atom. The van der Waals surface area contributed by atoms with Crippen molar-refractivity contribution in [3.8, 4) is 0 Å². The second kappa shape index (κ2) is 7.43. The normalized spacial score (nSPS) is 11.9. The van der Waals surface area contributed by atoms with Gasteiger partial charge in [-0.2, -0.15) is 0 Å². The van der Waals surface area contributed by atoms with E-state index in [9.17, 15) is 28.5 Å². The molecule has 9 heteroatoms. The molecule has 7 nitrogen and oxygen atoms in total. The first kappa shape index (κ1) is 17.5. The number of carbonyl (C=O) groups excluding carboxylic acids is 2. The van der Waals surface area contributed by atoms with Crippen molar-refractivity contribution >= 4 is 11.9 Å². The van der Waals surface area contributed by atoms with Crippen LogP contribution in [0.2, 0.25) is 0 Å². The van der Waals surface area contributed by atoms with Gasteiger partial charge in [0.25, 0.3) is 0 Å². The Balaban J connectivity index is 3.46. The maximum atomic E-state index is 13.9. The number of methoxy groups -OCH3 is 2. The molecule has 0 aliphatic heterocycles. The van der Waals surface area contributed by atoms with E-state index in [1.165, 1.54) is 0 Å². The Hall–Kier alpha value is -2.58. The molecule has 0 saturated heterocycles. The van der Waals surface area contributed by atoms with Crippen LogP contribution in [-0.4, -0.2) is 37.6 Å². The number of halogens is 2. The number of benzene rings is 1. The molecule has 0 heterocycles. The lowest BCUT2D eigenvalue weighted by Gasteiger charge is -2.21. The van der Waals surface area contributed by atoms with Crippen LogP contribution in [0.15, 0.2) is 18.2 Å². The van der Waals surface area contributed by atoms with Gasteiger partial charge in [0.2, 0.25) is 6.54 Å². The van der Waals surface area contributed by atoms with E-state index < -0.39 is 52.4 Å². The third-order valence-corrected chi connectivity index (χ3v) is 3.03. The molecule has 0 aromatic heterocycles. The van der Waals surface area contributed by atoms with Gasteiger partial charge in [-0.1, -0.05) is 6.07 Å². The van der Waals surface area contributed by atoms with E-state index in [2.05, 4.69) is 9.47 Å². The summed E-state index contributed by atoms with van der Waals surface area (Å²) in [6, 6.07) is 2.80. The number of esters is 2. The lowest BCUT2D eigenvalue weighted by Crippen LogP contribution is -2.36. The highest BCUT2D eigenvalue weighted by Gasteiger charge is 2.43. The van der Waals surface area contributed by atoms with Crippen LogP contribution < -0.4 is 0 Å². The second-order valence-electron chi connectivity index (χ2n) is 4.28. The zero-order valence-electron chi connectivity index (χ0n) is 11.7. The van der Waals surface area contributed by atoms with Crippen molar-refractivity contribution in [3.63, 3.8) is 0 Å². The lowest BCUT2D eigenvalue weighted by molar-refractivity contribution is -0.484. The summed E-state index contributed by atoms with van der Waals surface area (Å²) < 4.78 is 36.5. The number of hydrogen-bond acceptors (Lipinski definition) is 6. The summed E-state index contributed by atoms with van der Waals surface area (Å²) in [5.74, 6) is -8.13. The molecule has 0 aliphatic carbocycles. The lowest BCUT2D eigenvalue weighted by atomic mass is 9.85. The van der Waals surface area contributed by atoms with E-state index in [1.807, 2.05) is 0 Å². The highest BCUT2D eigenvalue weighted by molar-refractivity contribution is 5.96. The number of carbonyl (C=O) groups is 2. The van der Waals surface area contributed by atoms with E-state index in [4.69, 9.17) is 0 Å². The van der Waals surface area contributed by atoms with Crippen molar-refractivity contribution < 1.29 is 32.8 Å². The van der Waals surface area contributed by atoms with Gasteiger partial charge in [-0.15, -0.1) is 0 Å². The quantitative estimate of drug-likeness (QED) is 0.339. The Bertz CT molecular complexity index is 556. The van der Waals surface area contributed by atoms with E-state index in [0.717, 1.165) is 32.4 Å². The maximum absolute atomic E-state index is 13.9. The molecule has 0 unspecified atom stereocenters. The molecular formula is C13H13F2NO6. The predicted octanol–water partition coefficient (Wildman–Crippen LogP) is 1.29. The minimum atomic E-state index is -1.85. The summed E-state index contributed by atoms with van der Waals surface area (Å²) in [4.78, 5) is 33.4. The molecule has 0 N–H and O–H groups in total. The van der Waals surface area contributed by atoms with Gasteiger partial charge in [0, 0.05) is 10.5 Å². The maximum Gasteiger partial charge on any atom is 0.320 e. The minimum absolute atomic E-state index is 0.736. The molecule has 0 fully saturated rings. The number of hydrogen-bond donors (Lipinski definition) is 0. The zero-order chi connectivity index (χ0) is 16.9. The largest absolute Gasteiger partial charge is 0.468 e. The fraction of sp³-hybridized carbons (Fsp3) is 0.385. The van der Waals surface area contributed by atoms with E-state index >= 15 is 0 Å². The molecule has 120 valence electrons. The molecule has 1 aromatic carbocycles. The summed E-state index contributed by atoms with van der Waals surface area (Å²) >= 11 is 0. The second-order valence-corrected chi connectivity index (χ2v) is 4.28. The van der Waals surface area contributed by atoms with Crippen molar-refractivity contribution in [3.05, 3.63) is 45.5 Å². The number of nitro groups is 1. The summed E-state index contributed by atoms with van der Waals surface area (Å²) in [5, 5.41) is 10.8. The Morgan fingerprint density at radius 1 is 1.18 bits per heavy atom. The van der Waals surface area contributed by atoms with Crippen LogP contribution in [0, 0.1) is 27.7 Å². The highest BCUT2D eigenvalue weighted by atomic mass is 19.1. The summed E-state index contributed by atoms with van der Waals surface area (Å²) in [6.45, 7) is -1.05. The fourth-order valence-corrected chi connectivity index (χ4v) is 2.07.